The standard InChI is InChI=1S/C30H36ClN3O4S/c1-22-14-16-26(17-15-22)39(37,38)33(5)21-28(35)34(20-24-12-9-13-25(31)18-24)27(29(36)32-30(2,3)4)19-23-10-7-6-8-11-23/h6-18,27H,19-21H2,1-5H3,(H,32,36)/t27-/m0/s1. The number of rotatable bonds is 10. The minimum absolute atomic E-state index is 0.0763. The molecule has 0 heterocycles. The molecule has 3 aromatic rings. The molecule has 9 heteroatoms. The summed E-state index contributed by atoms with van der Waals surface area (Å²) in [6.45, 7) is 7.12. The zero-order valence-corrected chi connectivity index (χ0v) is 24.6. The zero-order chi connectivity index (χ0) is 28.8. The van der Waals surface area contributed by atoms with Crippen molar-refractivity contribution >= 4 is 33.4 Å². The highest BCUT2D eigenvalue weighted by atomic mass is 35.5. The van der Waals surface area contributed by atoms with E-state index in [0.717, 1.165) is 21.0 Å². The van der Waals surface area contributed by atoms with Gasteiger partial charge in [-0.05, 0) is 63.1 Å². The molecular formula is C30H36ClN3O4S. The maximum Gasteiger partial charge on any atom is 0.243 e. The van der Waals surface area contributed by atoms with E-state index in [1.54, 1.807) is 30.3 Å². The topological polar surface area (TPSA) is 86.8 Å². The van der Waals surface area contributed by atoms with Gasteiger partial charge < -0.3 is 10.2 Å². The zero-order valence-electron chi connectivity index (χ0n) is 23.0. The van der Waals surface area contributed by atoms with E-state index >= 15 is 0 Å². The molecule has 0 aromatic heterocycles. The maximum absolute atomic E-state index is 13.9. The average Bonchev–Trinajstić information content (AvgIpc) is 2.86. The molecule has 1 N–H and O–H groups in total. The summed E-state index contributed by atoms with van der Waals surface area (Å²) in [5, 5.41) is 3.49. The van der Waals surface area contributed by atoms with Crippen LogP contribution >= 0.6 is 11.6 Å². The summed E-state index contributed by atoms with van der Waals surface area (Å²) in [6, 6.07) is 22.0. The molecule has 3 aromatic carbocycles. The van der Waals surface area contributed by atoms with Crippen LogP contribution in [0.1, 0.15) is 37.5 Å². The highest BCUT2D eigenvalue weighted by Crippen LogP contribution is 2.20. The predicted octanol–water partition coefficient (Wildman–Crippen LogP) is 4.82. The third kappa shape index (κ3) is 8.65. The normalized spacial score (nSPS) is 12.7. The largest absolute Gasteiger partial charge is 0.350 e. The number of nitrogens with zero attached hydrogens (tertiary/aromatic N) is 2. The fourth-order valence-electron chi connectivity index (χ4n) is 4.10. The Kier molecular flexibility index (Phi) is 9.93. The molecule has 1 atom stereocenters. The summed E-state index contributed by atoms with van der Waals surface area (Å²) in [7, 11) is -2.57. The first kappa shape index (κ1) is 30.3. The van der Waals surface area contributed by atoms with E-state index < -0.39 is 34.1 Å². The van der Waals surface area contributed by atoms with E-state index in [1.807, 2.05) is 64.1 Å². The van der Waals surface area contributed by atoms with E-state index in [-0.39, 0.29) is 23.8 Å². The highest BCUT2D eigenvalue weighted by molar-refractivity contribution is 7.89. The monoisotopic (exact) mass is 569 g/mol. The van der Waals surface area contributed by atoms with Gasteiger partial charge in [-0.1, -0.05) is 71.8 Å². The first-order valence-corrected chi connectivity index (χ1v) is 14.5. The molecule has 0 saturated carbocycles. The van der Waals surface area contributed by atoms with Crippen LogP contribution in [0.15, 0.2) is 83.8 Å². The molecule has 0 bridgehead atoms. The van der Waals surface area contributed by atoms with E-state index in [2.05, 4.69) is 5.32 Å². The third-order valence-electron chi connectivity index (χ3n) is 6.10. The first-order valence-electron chi connectivity index (χ1n) is 12.7. The molecular weight excluding hydrogens is 534 g/mol. The van der Waals surface area contributed by atoms with Crippen molar-refractivity contribution in [3.63, 3.8) is 0 Å². The van der Waals surface area contributed by atoms with Gasteiger partial charge in [0.25, 0.3) is 0 Å². The number of hydrogen-bond acceptors (Lipinski definition) is 4. The Morgan fingerprint density at radius 3 is 2.13 bits per heavy atom. The molecule has 2 amide bonds. The van der Waals surface area contributed by atoms with E-state index in [0.29, 0.717) is 5.02 Å². The maximum atomic E-state index is 13.9. The van der Waals surface area contributed by atoms with Crippen LogP contribution in [0, 0.1) is 6.92 Å². The van der Waals surface area contributed by atoms with Crippen LogP contribution in [0.2, 0.25) is 5.02 Å². The minimum Gasteiger partial charge on any atom is -0.350 e. The van der Waals surface area contributed by atoms with E-state index in [9.17, 15) is 18.0 Å². The molecule has 0 saturated heterocycles. The fourth-order valence-corrected chi connectivity index (χ4v) is 5.43. The number of aryl methyl sites for hydroxylation is 1. The Balaban J connectivity index is 1.99. The van der Waals surface area contributed by atoms with Gasteiger partial charge in [0.2, 0.25) is 21.8 Å². The summed E-state index contributed by atoms with van der Waals surface area (Å²) < 4.78 is 27.5. The van der Waals surface area contributed by atoms with Gasteiger partial charge >= 0.3 is 0 Å². The second-order valence-electron chi connectivity index (χ2n) is 10.7. The quantitative estimate of drug-likeness (QED) is 0.379. The minimum atomic E-state index is -3.93. The lowest BCUT2D eigenvalue weighted by Gasteiger charge is -2.34. The van der Waals surface area contributed by atoms with Crippen LogP contribution in [-0.4, -0.2) is 54.6 Å². The van der Waals surface area contributed by atoms with Crippen molar-refractivity contribution in [1.29, 1.82) is 0 Å². The van der Waals surface area contributed by atoms with Gasteiger partial charge in [-0.2, -0.15) is 4.31 Å². The lowest BCUT2D eigenvalue weighted by atomic mass is 10.0. The summed E-state index contributed by atoms with van der Waals surface area (Å²) in [6.07, 6.45) is 0.253. The Morgan fingerprint density at radius 1 is 0.923 bits per heavy atom. The molecule has 3 rings (SSSR count). The SMILES string of the molecule is Cc1ccc(S(=O)(=O)N(C)CC(=O)N(Cc2cccc(Cl)c2)[C@@H](Cc2ccccc2)C(=O)NC(C)(C)C)cc1. The van der Waals surface area contributed by atoms with Gasteiger partial charge in [0.15, 0.2) is 0 Å². The van der Waals surface area contributed by atoms with Gasteiger partial charge in [-0.3, -0.25) is 9.59 Å². The Morgan fingerprint density at radius 2 is 1.54 bits per heavy atom. The lowest BCUT2D eigenvalue weighted by molar-refractivity contribution is -0.141. The molecule has 0 spiro atoms. The van der Waals surface area contributed by atoms with Crippen molar-refractivity contribution in [2.75, 3.05) is 13.6 Å². The van der Waals surface area contributed by atoms with E-state index in [4.69, 9.17) is 11.6 Å². The van der Waals surface area contributed by atoms with Gasteiger partial charge in [-0.15, -0.1) is 0 Å². The molecule has 0 aliphatic rings. The number of amides is 2. The van der Waals surface area contributed by atoms with Crippen LogP contribution in [0.5, 0.6) is 0 Å². The number of sulfonamides is 1. The van der Waals surface area contributed by atoms with Crippen molar-refractivity contribution in [1.82, 2.24) is 14.5 Å². The van der Waals surface area contributed by atoms with Crippen molar-refractivity contribution in [2.45, 2.75) is 57.1 Å². The predicted molar refractivity (Wildman–Crippen MR) is 155 cm³/mol. The van der Waals surface area contributed by atoms with Crippen LogP contribution in [0.3, 0.4) is 0 Å². The van der Waals surface area contributed by atoms with Crippen molar-refractivity contribution in [3.05, 3.63) is 101 Å². The number of likely N-dealkylation sites (N-methyl/N-ethyl adjacent to an activating group) is 1. The molecule has 7 nitrogen and oxygen atoms in total. The van der Waals surface area contributed by atoms with E-state index in [1.165, 1.54) is 24.1 Å². The van der Waals surface area contributed by atoms with Crippen LogP contribution in [0.4, 0.5) is 0 Å². The number of benzene rings is 3. The number of nitrogens with one attached hydrogen (secondary N) is 1. The van der Waals surface area contributed by atoms with Gasteiger partial charge in [-0.25, -0.2) is 8.42 Å². The van der Waals surface area contributed by atoms with Gasteiger partial charge in [0.05, 0.1) is 11.4 Å². The van der Waals surface area contributed by atoms with Crippen LogP contribution in [-0.2, 0) is 32.6 Å². The fraction of sp³-hybridized carbons (Fsp3) is 0.333. The smallest absolute Gasteiger partial charge is 0.243 e. The first-order chi connectivity index (χ1) is 18.3. The molecule has 39 heavy (non-hydrogen) atoms. The highest BCUT2D eigenvalue weighted by Gasteiger charge is 2.34. The third-order valence-corrected chi connectivity index (χ3v) is 8.15. The molecule has 0 aliphatic carbocycles. The van der Waals surface area contributed by atoms with Crippen LogP contribution < -0.4 is 5.32 Å². The number of carbonyl (C=O) groups excluding carboxylic acids is 2. The summed E-state index contributed by atoms with van der Waals surface area (Å²) in [4.78, 5) is 29.1. The Hall–Kier alpha value is -3.20. The second kappa shape index (κ2) is 12.8. The van der Waals surface area contributed by atoms with Crippen molar-refractivity contribution < 1.29 is 18.0 Å². The molecule has 208 valence electrons. The van der Waals surface area contributed by atoms with Gasteiger partial charge in [0.1, 0.15) is 6.04 Å². The second-order valence-corrected chi connectivity index (χ2v) is 13.2. The number of hydrogen-bond donors (Lipinski definition) is 1. The summed E-state index contributed by atoms with van der Waals surface area (Å²) in [5.41, 5.74) is 1.98. The molecule has 0 fully saturated rings. The molecule has 0 radical (unpaired) electrons. The molecule has 0 unspecified atom stereocenters. The van der Waals surface area contributed by atoms with Crippen molar-refractivity contribution in [3.8, 4) is 0 Å². The van der Waals surface area contributed by atoms with Crippen molar-refractivity contribution in [2.24, 2.45) is 0 Å². The van der Waals surface area contributed by atoms with Gasteiger partial charge in [0, 0.05) is 30.6 Å². The number of carbonyl (C=O) groups is 2. The van der Waals surface area contributed by atoms with Crippen LogP contribution in [0.25, 0.3) is 0 Å². The average molecular weight is 570 g/mol. The lowest BCUT2D eigenvalue weighted by Crippen LogP contribution is -2.56. The summed E-state index contributed by atoms with van der Waals surface area (Å²) >= 11 is 6.22. The number of halogens is 1. The summed E-state index contributed by atoms with van der Waals surface area (Å²) in [5.74, 6) is -0.830. The Bertz CT molecular complexity index is 1390. The Labute approximate surface area is 236 Å². The molecule has 0 aliphatic heterocycles.